The number of likely N-dealkylation sites (N-methyl/N-ethyl adjacent to an activating group) is 1. The fraction of sp³-hybridized carbons (Fsp3) is 0.280. The summed E-state index contributed by atoms with van der Waals surface area (Å²) >= 11 is 0. The summed E-state index contributed by atoms with van der Waals surface area (Å²) in [4.78, 5) is 9.48. The van der Waals surface area contributed by atoms with Crippen LogP contribution in [0.4, 0.5) is 5.82 Å². The zero-order valence-corrected chi connectivity index (χ0v) is 18.7. The Labute approximate surface area is 192 Å². The van der Waals surface area contributed by atoms with Gasteiger partial charge in [-0.3, -0.25) is 4.57 Å². The normalized spacial score (nSPS) is 16.8. The van der Waals surface area contributed by atoms with Crippen molar-refractivity contribution in [1.82, 2.24) is 29.2 Å². The average Bonchev–Trinajstić information content (AvgIpc) is 3.58. The Balaban J connectivity index is 1.40. The Morgan fingerprint density at radius 3 is 2.73 bits per heavy atom. The van der Waals surface area contributed by atoms with E-state index < -0.39 is 0 Å². The first kappa shape index (κ1) is 19.7. The van der Waals surface area contributed by atoms with Crippen LogP contribution in [-0.4, -0.2) is 62.4 Å². The standard InChI is InChI=1S/C25H24N8/c1-30(2)21-7-8-31(15-21)24-10-20-14-32-13-19(18-5-3-17(11-26)4-6-18)9-22(32)25-29-28-16-33(25)23(20)12-27-24/h3-6,9-10,12-13,16,21H,7-8,14-15H2,1-2H3/t21-/m0/s1. The highest BCUT2D eigenvalue weighted by Gasteiger charge is 2.27. The van der Waals surface area contributed by atoms with E-state index in [0.717, 1.165) is 60.2 Å². The van der Waals surface area contributed by atoms with Crippen LogP contribution in [-0.2, 0) is 6.54 Å². The molecule has 1 saturated heterocycles. The van der Waals surface area contributed by atoms with Gasteiger partial charge in [-0.05, 0) is 50.3 Å². The number of benzene rings is 1. The Bertz CT molecular complexity index is 1370. The molecule has 0 amide bonds. The maximum Gasteiger partial charge on any atom is 0.185 e. The van der Waals surface area contributed by atoms with Crippen LogP contribution in [0.5, 0.6) is 0 Å². The predicted molar refractivity (Wildman–Crippen MR) is 126 cm³/mol. The molecular weight excluding hydrogens is 412 g/mol. The molecule has 4 aromatic rings. The van der Waals surface area contributed by atoms with Gasteiger partial charge in [0.15, 0.2) is 5.82 Å². The summed E-state index contributed by atoms with van der Waals surface area (Å²) in [6.45, 7) is 2.74. The number of hydrogen-bond donors (Lipinski definition) is 0. The van der Waals surface area contributed by atoms with Crippen molar-refractivity contribution in [3.05, 3.63) is 66.2 Å². The van der Waals surface area contributed by atoms with Gasteiger partial charge in [0.1, 0.15) is 12.1 Å². The van der Waals surface area contributed by atoms with Gasteiger partial charge in [-0.2, -0.15) is 5.26 Å². The van der Waals surface area contributed by atoms with Crippen molar-refractivity contribution in [3.63, 3.8) is 0 Å². The molecule has 2 aliphatic heterocycles. The fourth-order valence-electron chi connectivity index (χ4n) is 4.86. The van der Waals surface area contributed by atoms with E-state index in [1.165, 1.54) is 5.56 Å². The molecule has 0 aliphatic carbocycles. The molecule has 5 heterocycles. The SMILES string of the molecule is CN(C)[C@H]1CCN(c2cc3c(cn2)-n2cnnc2-c2cc(-c4ccc(C#N)cc4)cn2C3)C1. The highest BCUT2D eigenvalue weighted by atomic mass is 15.3. The predicted octanol–water partition coefficient (Wildman–Crippen LogP) is 3.17. The quantitative estimate of drug-likeness (QED) is 0.432. The van der Waals surface area contributed by atoms with Gasteiger partial charge in [0.2, 0.25) is 0 Å². The molecule has 0 saturated carbocycles. The summed E-state index contributed by atoms with van der Waals surface area (Å²) in [5, 5.41) is 17.7. The minimum atomic E-state index is 0.557. The number of aromatic nitrogens is 5. The molecule has 1 fully saturated rings. The molecule has 8 nitrogen and oxygen atoms in total. The first-order valence-corrected chi connectivity index (χ1v) is 11.1. The lowest BCUT2D eigenvalue weighted by molar-refractivity contribution is 0.315. The smallest absolute Gasteiger partial charge is 0.185 e. The third-order valence-electron chi connectivity index (χ3n) is 6.79. The third-order valence-corrected chi connectivity index (χ3v) is 6.79. The Morgan fingerprint density at radius 1 is 1.12 bits per heavy atom. The zero-order chi connectivity index (χ0) is 22.5. The molecule has 0 spiro atoms. The molecule has 0 bridgehead atoms. The number of fused-ring (bicyclic) bond motifs is 5. The van der Waals surface area contributed by atoms with E-state index >= 15 is 0 Å². The minimum absolute atomic E-state index is 0.557. The lowest BCUT2D eigenvalue weighted by atomic mass is 10.1. The van der Waals surface area contributed by atoms with E-state index in [0.29, 0.717) is 11.6 Å². The Hall–Kier alpha value is -3.96. The van der Waals surface area contributed by atoms with Crippen molar-refractivity contribution in [3.8, 4) is 34.4 Å². The van der Waals surface area contributed by atoms with Gasteiger partial charge < -0.3 is 14.4 Å². The van der Waals surface area contributed by atoms with E-state index in [-0.39, 0.29) is 0 Å². The second-order valence-corrected chi connectivity index (χ2v) is 8.98. The van der Waals surface area contributed by atoms with Gasteiger partial charge in [0, 0.05) is 43.0 Å². The number of nitrogens with zero attached hydrogens (tertiary/aromatic N) is 8. The van der Waals surface area contributed by atoms with Crippen molar-refractivity contribution in [2.24, 2.45) is 0 Å². The first-order valence-electron chi connectivity index (χ1n) is 11.1. The van der Waals surface area contributed by atoms with Crippen LogP contribution in [0.25, 0.3) is 28.3 Å². The highest BCUT2D eigenvalue weighted by Crippen LogP contribution is 2.34. The Morgan fingerprint density at radius 2 is 1.97 bits per heavy atom. The van der Waals surface area contributed by atoms with E-state index in [1.807, 2.05) is 35.0 Å². The van der Waals surface area contributed by atoms with E-state index in [1.54, 1.807) is 6.33 Å². The second kappa shape index (κ2) is 7.57. The maximum atomic E-state index is 9.10. The van der Waals surface area contributed by atoms with Crippen LogP contribution in [0.3, 0.4) is 0 Å². The summed E-state index contributed by atoms with van der Waals surface area (Å²) in [6.07, 6.45) is 7.02. The summed E-state index contributed by atoms with van der Waals surface area (Å²) in [7, 11) is 4.29. The van der Waals surface area contributed by atoms with Gasteiger partial charge in [-0.25, -0.2) is 4.98 Å². The van der Waals surface area contributed by atoms with Crippen LogP contribution in [0.1, 0.15) is 17.5 Å². The number of rotatable bonds is 3. The molecule has 164 valence electrons. The average molecular weight is 437 g/mol. The number of anilines is 1. The van der Waals surface area contributed by atoms with E-state index in [2.05, 4.69) is 63.1 Å². The zero-order valence-electron chi connectivity index (χ0n) is 18.7. The molecule has 1 aromatic carbocycles. The van der Waals surface area contributed by atoms with Crippen molar-refractivity contribution in [2.45, 2.75) is 19.0 Å². The monoisotopic (exact) mass is 436 g/mol. The lowest BCUT2D eigenvalue weighted by Crippen LogP contribution is -2.31. The largest absolute Gasteiger partial charge is 0.355 e. The van der Waals surface area contributed by atoms with Gasteiger partial charge in [-0.1, -0.05) is 12.1 Å². The molecule has 1 atom stereocenters. The summed E-state index contributed by atoms with van der Waals surface area (Å²) < 4.78 is 4.26. The van der Waals surface area contributed by atoms with Crippen molar-refractivity contribution in [1.29, 1.82) is 5.26 Å². The highest BCUT2D eigenvalue weighted by molar-refractivity contribution is 5.72. The van der Waals surface area contributed by atoms with Crippen LogP contribution in [0, 0.1) is 11.3 Å². The van der Waals surface area contributed by atoms with Crippen LogP contribution >= 0.6 is 0 Å². The fourth-order valence-corrected chi connectivity index (χ4v) is 4.86. The summed E-state index contributed by atoms with van der Waals surface area (Å²) in [6, 6.07) is 14.8. The summed E-state index contributed by atoms with van der Waals surface area (Å²) in [5.74, 6) is 1.83. The third kappa shape index (κ3) is 3.29. The molecule has 33 heavy (non-hydrogen) atoms. The topological polar surface area (TPSA) is 78.8 Å². The molecular formula is C25H24N8. The van der Waals surface area contributed by atoms with Gasteiger partial charge in [-0.15, -0.1) is 10.2 Å². The van der Waals surface area contributed by atoms with Crippen LogP contribution in [0.15, 0.2) is 55.1 Å². The maximum absolute atomic E-state index is 9.10. The van der Waals surface area contributed by atoms with Crippen molar-refractivity contribution >= 4 is 5.82 Å². The van der Waals surface area contributed by atoms with Crippen molar-refractivity contribution in [2.75, 3.05) is 32.1 Å². The number of hydrogen-bond acceptors (Lipinski definition) is 6. The molecule has 8 heteroatoms. The Kier molecular flexibility index (Phi) is 4.52. The van der Waals surface area contributed by atoms with Crippen LogP contribution < -0.4 is 4.90 Å². The molecule has 0 unspecified atom stereocenters. The van der Waals surface area contributed by atoms with Gasteiger partial charge in [0.25, 0.3) is 0 Å². The van der Waals surface area contributed by atoms with Gasteiger partial charge in [0.05, 0.1) is 29.2 Å². The molecule has 0 N–H and O–H groups in total. The van der Waals surface area contributed by atoms with E-state index in [4.69, 9.17) is 10.2 Å². The number of nitriles is 1. The molecule has 6 rings (SSSR count). The van der Waals surface area contributed by atoms with Gasteiger partial charge >= 0.3 is 0 Å². The lowest BCUT2D eigenvalue weighted by Gasteiger charge is -2.22. The molecule has 2 aliphatic rings. The summed E-state index contributed by atoms with van der Waals surface area (Å²) in [5.41, 5.74) is 6.05. The van der Waals surface area contributed by atoms with E-state index in [9.17, 15) is 0 Å². The second-order valence-electron chi connectivity index (χ2n) is 8.98. The molecule has 3 aromatic heterocycles. The van der Waals surface area contributed by atoms with Crippen molar-refractivity contribution < 1.29 is 0 Å². The van der Waals surface area contributed by atoms with Crippen LogP contribution in [0.2, 0.25) is 0 Å². The number of pyridine rings is 1. The molecule has 0 radical (unpaired) electrons. The minimum Gasteiger partial charge on any atom is -0.355 e. The first-order chi connectivity index (χ1) is 16.1.